The Morgan fingerprint density at radius 3 is 3.00 bits per heavy atom. The minimum atomic E-state index is -0.122. The lowest BCUT2D eigenvalue weighted by Gasteiger charge is -1.98. The summed E-state index contributed by atoms with van der Waals surface area (Å²) < 4.78 is 0. The second-order valence-corrected chi connectivity index (χ2v) is 3.76. The fraction of sp³-hybridized carbons (Fsp3) is 0.375. The Kier molecular flexibility index (Phi) is 3.56. The predicted molar refractivity (Wildman–Crippen MR) is 51.6 cm³/mol. The third-order valence-electron chi connectivity index (χ3n) is 1.37. The van der Waals surface area contributed by atoms with Gasteiger partial charge in [-0.2, -0.15) is 0 Å². The standard InChI is InChI=1S/C8H10ClNOS/c1-6-2-7(12-5-6)4-10-8(11)3-9/h2,5H,3-4H2,1H3,(H,10,11). The number of halogens is 1. The van der Waals surface area contributed by atoms with Crippen LogP contribution in [0.3, 0.4) is 0 Å². The van der Waals surface area contributed by atoms with Gasteiger partial charge in [-0.1, -0.05) is 0 Å². The van der Waals surface area contributed by atoms with E-state index in [4.69, 9.17) is 11.6 Å². The maximum Gasteiger partial charge on any atom is 0.235 e. The van der Waals surface area contributed by atoms with Gasteiger partial charge in [-0.05, 0) is 23.9 Å². The zero-order chi connectivity index (χ0) is 8.97. The molecule has 1 aromatic rings. The van der Waals surface area contributed by atoms with Gasteiger partial charge in [0.25, 0.3) is 0 Å². The van der Waals surface area contributed by atoms with Gasteiger partial charge in [0.05, 0.1) is 6.54 Å². The van der Waals surface area contributed by atoms with Crippen LogP contribution in [0.1, 0.15) is 10.4 Å². The highest BCUT2D eigenvalue weighted by Gasteiger charge is 1.99. The molecular weight excluding hydrogens is 194 g/mol. The molecule has 1 heterocycles. The number of carbonyl (C=O) groups excluding carboxylic acids is 1. The number of alkyl halides is 1. The first-order chi connectivity index (χ1) is 5.72. The number of nitrogens with one attached hydrogen (secondary N) is 1. The van der Waals surface area contributed by atoms with E-state index in [1.165, 1.54) is 5.56 Å². The summed E-state index contributed by atoms with van der Waals surface area (Å²) in [6.45, 7) is 2.62. The molecule has 1 aromatic heterocycles. The van der Waals surface area contributed by atoms with Crippen LogP contribution in [0.15, 0.2) is 11.4 Å². The highest BCUT2D eigenvalue weighted by molar-refractivity contribution is 7.10. The summed E-state index contributed by atoms with van der Waals surface area (Å²) in [6.07, 6.45) is 0. The maximum atomic E-state index is 10.8. The van der Waals surface area contributed by atoms with Gasteiger partial charge < -0.3 is 5.32 Å². The van der Waals surface area contributed by atoms with Gasteiger partial charge >= 0.3 is 0 Å². The summed E-state index contributed by atoms with van der Waals surface area (Å²) in [5.41, 5.74) is 1.23. The van der Waals surface area contributed by atoms with Crippen molar-refractivity contribution in [3.63, 3.8) is 0 Å². The van der Waals surface area contributed by atoms with Crippen LogP contribution in [0.2, 0.25) is 0 Å². The van der Waals surface area contributed by atoms with Crippen LogP contribution in [0.5, 0.6) is 0 Å². The SMILES string of the molecule is Cc1csc(CNC(=O)CCl)c1. The third-order valence-corrected chi connectivity index (χ3v) is 2.66. The Bertz CT molecular complexity index is 272. The molecular formula is C8H10ClNOS. The van der Waals surface area contributed by atoms with Crippen molar-refractivity contribution in [1.29, 1.82) is 0 Å². The molecule has 12 heavy (non-hydrogen) atoms. The van der Waals surface area contributed by atoms with Crippen LogP contribution in [-0.4, -0.2) is 11.8 Å². The van der Waals surface area contributed by atoms with Crippen molar-refractivity contribution in [2.24, 2.45) is 0 Å². The molecule has 0 fully saturated rings. The Morgan fingerprint density at radius 2 is 2.50 bits per heavy atom. The summed E-state index contributed by atoms with van der Waals surface area (Å²) in [5, 5.41) is 4.76. The molecule has 1 amide bonds. The number of thiophene rings is 1. The average molecular weight is 204 g/mol. The molecule has 1 N–H and O–H groups in total. The zero-order valence-corrected chi connectivity index (χ0v) is 8.34. The molecule has 4 heteroatoms. The number of hydrogen-bond acceptors (Lipinski definition) is 2. The molecule has 0 spiro atoms. The van der Waals surface area contributed by atoms with Gasteiger partial charge in [0, 0.05) is 4.88 Å². The summed E-state index contributed by atoms with van der Waals surface area (Å²) in [6, 6.07) is 2.05. The Balaban J connectivity index is 2.38. The van der Waals surface area contributed by atoms with Gasteiger partial charge in [0.1, 0.15) is 5.88 Å². The fourth-order valence-electron chi connectivity index (χ4n) is 0.816. The Labute approximate surface area is 80.5 Å². The summed E-state index contributed by atoms with van der Waals surface area (Å²) in [4.78, 5) is 11.9. The molecule has 0 saturated carbocycles. The molecule has 0 saturated heterocycles. The fourth-order valence-corrected chi connectivity index (χ4v) is 1.73. The largest absolute Gasteiger partial charge is 0.350 e. The van der Waals surface area contributed by atoms with Crippen LogP contribution in [-0.2, 0) is 11.3 Å². The number of rotatable bonds is 3. The van der Waals surface area contributed by atoms with Gasteiger partial charge in [0.2, 0.25) is 5.91 Å². The van der Waals surface area contributed by atoms with Crippen molar-refractivity contribution >= 4 is 28.8 Å². The second-order valence-electron chi connectivity index (χ2n) is 2.50. The number of amides is 1. The molecule has 0 aromatic carbocycles. The van der Waals surface area contributed by atoms with E-state index < -0.39 is 0 Å². The van der Waals surface area contributed by atoms with Crippen molar-refractivity contribution in [1.82, 2.24) is 5.32 Å². The van der Waals surface area contributed by atoms with E-state index in [-0.39, 0.29) is 11.8 Å². The van der Waals surface area contributed by atoms with Crippen LogP contribution in [0, 0.1) is 6.92 Å². The molecule has 0 bridgehead atoms. The quantitative estimate of drug-likeness (QED) is 0.748. The Hall–Kier alpha value is -0.540. The first-order valence-corrected chi connectivity index (χ1v) is 5.00. The summed E-state index contributed by atoms with van der Waals surface area (Å²) in [7, 11) is 0. The molecule has 0 radical (unpaired) electrons. The number of hydrogen-bond donors (Lipinski definition) is 1. The Morgan fingerprint density at radius 1 is 1.75 bits per heavy atom. The lowest BCUT2D eigenvalue weighted by Crippen LogP contribution is -2.23. The molecule has 0 aliphatic rings. The smallest absolute Gasteiger partial charge is 0.235 e. The van der Waals surface area contributed by atoms with E-state index in [9.17, 15) is 4.79 Å². The second kappa shape index (κ2) is 4.48. The lowest BCUT2D eigenvalue weighted by atomic mass is 10.3. The maximum absolute atomic E-state index is 10.8. The minimum Gasteiger partial charge on any atom is -0.350 e. The molecule has 0 aliphatic carbocycles. The highest BCUT2D eigenvalue weighted by atomic mass is 35.5. The molecule has 2 nitrogen and oxygen atoms in total. The van der Waals surface area contributed by atoms with Crippen LogP contribution in [0.25, 0.3) is 0 Å². The summed E-state index contributed by atoms with van der Waals surface area (Å²) >= 11 is 6.96. The lowest BCUT2D eigenvalue weighted by molar-refractivity contribution is -0.118. The van der Waals surface area contributed by atoms with E-state index in [1.54, 1.807) is 11.3 Å². The van der Waals surface area contributed by atoms with Crippen LogP contribution in [0.4, 0.5) is 0 Å². The van der Waals surface area contributed by atoms with E-state index in [1.807, 2.05) is 6.92 Å². The predicted octanol–water partition coefficient (Wildman–Crippen LogP) is 1.91. The van der Waals surface area contributed by atoms with E-state index in [0.29, 0.717) is 6.54 Å². The molecule has 66 valence electrons. The van der Waals surface area contributed by atoms with Crippen molar-refractivity contribution in [2.75, 3.05) is 5.88 Å². The average Bonchev–Trinajstić information content (AvgIpc) is 2.47. The minimum absolute atomic E-state index is 0.0321. The monoisotopic (exact) mass is 203 g/mol. The van der Waals surface area contributed by atoms with Gasteiger partial charge in [0.15, 0.2) is 0 Å². The normalized spacial score (nSPS) is 9.83. The molecule has 0 atom stereocenters. The third kappa shape index (κ3) is 2.83. The van der Waals surface area contributed by atoms with Crippen molar-refractivity contribution in [3.05, 3.63) is 21.9 Å². The number of aryl methyl sites for hydroxylation is 1. The van der Waals surface area contributed by atoms with E-state index in [0.717, 1.165) is 4.88 Å². The van der Waals surface area contributed by atoms with Gasteiger partial charge in [-0.3, -0.25) is 4.79 Å². The van der Waals surface area contributed by atoms with Crippen molar-refractivity contribution in [2.45, 2.75) is 13.5 Å². The molecule has 0 unspecified atom stereocenters. The van der Waals surface area contributed by atoms with Crippen LogP contribution < -0.4 is 5.32 Å². The highest BCUT2D eigenvalue weighted by Crippen LogP contribution is 2.12. The molecule has 1 rings (SSSR count). The van der Waals surface area contributed by atoms with Gasteiger partial charge in [-0.15, -0.1) is 22.9 Å². The first kappa shape index (κ1) is 9.55. The molecule has 0 aliphatic heterocycles. The first-order valence-electron chi connectivity index (χ1n) is 3.59. The van der Waals surface area contributed by atoms with Crippen molar-refractivity contribution < 1.29 is 4.79 Å². The zero-order valence-electron chi connectivity index (χ0n) is 6.76. The topological polar surface area (TPSA) is 29.1 Å². The summed E-state index contributed by atoms with van der Waals surface area (Å²) in [5.74, 6) is -0.0904. The van der Waals surface area contributed by atoms with E-state index >= 15 is 0 Å². The van der Waals surface area contributed by atoms with Crippen LogP contribution >= 0.6 is 22.9 Å². The van der Waals surface area contributed by atoms with Gasteiger partial charge in [-0.25, -0.2) is 0 Å². The number of carbonyl (C=O) groups is 1. The van der Waals surface area contributed by atoms with Crippen molar-refractivity contribution in [3.8, 4) is 0 Å². The van der Waals surface area contributed by atoms with E-state index in [2.05, 4.69) is 16.8 Å².